The molecule has 0 aliphatic carbocycles. The zero-order chi connectivity index (χ0) is 35.8. The highest BCUT2D eigenvalue weighted by Gasteiger charge is 2.26. The molecular weight excluding hydrogens is 689 g/mol. The lowest BCUT2D eigenvalue weighted by molar-refractivity contribution is 1.02. The standard InChI is InChI=1S/C50H28N4S/c1-2-12-29(13-3-1)30-22-24-31(25-23-30)45-49-46(36-18-8-11-21-43(36)55-49)52-50(51-45)54-41-20-10-7-17-35(41)38-28-37-34-16-6-9-19-40(34)53-42-27-33-15-5-4-14-32(33)26-39(42)44(47(37)53)48(38)54/h1-28H. The van der Waals surface area contributed by atoms with Gasteiger partial charge in [-0.2, -0.15) is 0 Å². The van der Waals surface area contributed by atoms with E-state index in [2.05, 4.69) is 179 Å². The molecule has 0 aliphatic heterocycles. The smallest absolute Gasteiger partial charge is 0.235 e. The molecule has 0 amide bonds. The van der Waals surface area contributed by atoms with Gasteiger partial charge in [-0.15, -0.1) is 11.3 Å². The Morgan fingerprint density at radius 2 is 1.04 bits per heavy atom. The van der Waals surface area contributed by atoms with E-state index in [1.165, 1.54) is 75.5 Å². The van der Waals surface area contributed by atoms with Gasteiger partial charge in [-0.1, -0.05) is 133 Å². The van der Waals surface area contributed by atoms with E-state index in [9.17, 15) is 0 Å². The Balaban J connectivity index is 1.20. The van der Waals surface area contributed by atoms with Crippen LogP contribution in [0, 0.1) is 0 Å². The number of hydrogen-bond acceptors (Lipinski definition) is 3. The normalized spacial score (nSPS) is 12.4. The number of aromatic nitrogens is 4. The second kappa shape index (κ2) is 10.8. The quantitative estimate of drug-likeness (QED) is 0.182. The summed E-state index contributed by atoms with van der Waals surface area (Å²) in [7, 11) is 0. The predicted octanol–water partition coefficient (Wildman–Crippen LogP) is 13.6. The van der Waals surface area contributed by atoms with Gasteiger partial charge in [0.25, 0.3) is 0 Å². The average molecular weight is 717 g/mol. The molecule has 0 atom stereocenters. The third kappa shape index (κ3) is 3.94. The van der Waals surface area contributed by atoms with Gasteiger partial charge in [0.2, 0.25) is 5.95 Å². The Morgan fingerprint density at radius 3 is 1.85 bits per heavy atom. The fraction of sp³-hybridized carbons (Fsp3) is 0. The van der Waals surface area contributed by atoms with Gasteiger partial charge in [-0.3, -0.25) is 4.57 Å². The molecule has 0 saturated heterocycles. The van der Waals surface area contributed by atoms with Crippen LogP contribution in [0.3, 0.4) is 0 Å². The minimum Gasteiger partial charge on any atom is -0.308 e. The lowest BCUT2D eigenvalue weighted by Gasteiger charge is -2.11. The summed E-state index contributed by atoms with van der Waals surface area (Å²) in [5.41, 5.74) is 11.3. The Bertz CT molecular complexity index is 3700. The van der Waals surface area contributed by atoms with Crippen LogP contribution in [0.5, 0.6) is 0 Å². The summed E-state index contributed by atoms with van der Waals surface area (Å²) in [6, 6.07) is 61.5. The molecule has 0 unspecified atom stereocenters. The Morgan fingerprint density at radius 1 is 0.418 bits per heavy atom. The molecule has 0 aliphatic rings. The van der Waals surface area contributed by atoms with Gasteiger partial charge < -0.3 is 4.40 Å². The van der Waals surface area contributed by atoms with Gasteiger partial charge in [-0.05, 0) is 58.3 Å². The maximum atomic E-state index is 5.59. The van der Waals surface area contributed by atoms with Crippen LogP contribution in [0.2, 0.25) is 0 Å². The highest BCUT2D eigenvalue weighted by atomic mass is 32.1. The molecule has 13 aromatic rings. The first kappa shape index (κ1) is 29.4. The zero-order valence-corrected chi connectivity index (χ0v) is 30.2. The average Bonchev–Trinajstić information content (AvgIpc) is 3.98. The maximum Gasteiger partial charge on any atom is 0.235 e. The zero-order valence-electron chi connectivity index (χ0n) is 29.4. The highest BCUT2D eigenvalue weighted by molar-refractivity contribution is 7.26. The number of para-hydroxylation sites is 2. The van der Waals surface area contributed by atoms with Crippen LogP contribution in [0.25, 0.3) is 119 Å². The van der Waals surface area contributed by atoms with Crippen molar-refractivity contribution in [2.24, 2.45) is 0 Å². The van der Waals surface area contributed by atoms with Gasteiger partial charge in [-0.25, -0.2) is 9.97 Å². The molecule has 0 N–H and O–H groups in total. The summed E-state index contributed by atoms with van der Waals surface area (Å²) in [4.78, 5) is 11.1. The molecule has 55 heavy (non-hydrogen) atoms. The number of nitrogens with zero attached hydrogens (tertiary/aromatic N) is 4. The van der Waals surface area contributed by atoms with E-state index in [0.29, 0.717) is 5.95 Å². The summed E-state index contributed by atoms with van der Waals surface area (Å²) >= 11 is 1.77. The molecule has 5 heteroatoms. The van der Waals surface area contributed by atoms with Gasteiger partial charge in [0, 0.05) is 48.0 Å². The fourth-order valence-corrected chi connectivity index (χ4v) is 10.4. The van der Waals surface area contributed by atoms with Gasteiger partial charge >= 0.3 is 0 Å². The third-order valence-corrected chi connectivity index (χ3v) is 12.8. The second-order valence-corrected chi connectivity index (χ2v) is 15.6. The molecule has 0 saturated carbocycles. The van der Waals surface area contributed by atoms with E-state index in [4.69, 9.17) is 9.97 Å². The van der Waals surface area contributed by atoms with Crippen molar-refractivity contribution in [1.29, 1.82) is 0 Å². The highest BCUT2D eigenvalue weighted by Crippen LogP contribution is 2.47. The fourth-order valence-electron chi connectivity index (χ4n) is 9.22. The van der Waals surface area contributed by atoms with Crippen molar-refractivity contribution in [3.05, 3.63) is 170 Å². The lowest BCUT2D eigenvalue weighted by Crippen LogP contribution is -2.03. The van der Waals surface area contributed by atoms with Crippen LogP contribution in [0.1, 0.15) is 0 Å². The molecule has 0 spiro atoms. The van der Waals surface area contributed by atoms with E-state index in [1.807, 2.05) is 0 Å². The molecule has 0 radical (unpaired) electrons. The number of benzene rings is 8. The predicted molar refractivity (Wildman–Crippen MR) is 232 cm³/mol. The SMILES string of the molecule is c1ccc(-c2ccc(-c3nc(-n4c5ccccc5c5cc6c7ccccc7n7c8cc9ccccc9cc8c(c54)c67)nc4c3sc3ccccc34)cc2)cc1. The maximum absolute atomic E-state index is 5.59. The molecular formula is C50H28N4S. The first-order valence-electron chi connectivity index (χ1n) is 18.7. The molecule has 8 aromatic carbocycles. The van der Waals surface area contributed by atoms with Crippen molar-refractivity contribution >= 4 is 102 Å². The summed E-state index contributed by atoms with van der Waals surface area (Å²) in [6.07, 6.45) is 0. The number of thiophene rings is 1. The molecule has 5 aromatic heterocycles. The molecule has 0 fully saturated rings. The summed E-state index contributed by atoms with van der Waals surface area (Å²) in [6.45, 7) is 0. The summed E-state index contributed by atoms with van der Waals surface area (Å²) < 4.78 is 7.14. The Hall–Kier alpha value is -7.08. The van der Waals surface area contributed by atoms with E-state index in [0.717, 1.165) is 37.9 Å². The van der Waals surface area contributed by atoms with Crippen LogP contribution in [-0.4, -0.2) is 18.9 Å². The van der Waals surface area contributed by atoms with Gasteiger partial charge in [0.1, 0.15) is 0 Å². The Labute approximate surface area is 318 Å². The van der Waals surface area contributed by atoms with Crippen molar-refractivity contribution in [1.82, 2.24) is 18.9 Å². The number of rotatable bonds is 3. The van der Waals surface area contributed by atoms with Crippen molar-refractivity contribution in [2.45, 2.75) is 0 Å². The third-order valence-electron chi connectivity index (χ3n) is 11.6. The monoisotopic (exact) mass is 716 g/mol. The van der Waals surface area contributed by atoms with E-state index in [-0.39, 0.29) is 0 Å². The second-order valence-electron chi connectivity index (χ2n) is 14.6. The topological polar surface area (TPSA) is 35.1 Å². The van der Waals surface area contributed by atoms with Gasteiger partial charge in [0.05, 0.1) is 43.5 Å². The van der Waals surface area contributed by atoms with Crippen molar-refractivity contribution < 1.29 is 0 Å². The van der Waals surface area contributed by atoms with Gasteiger partial charge in [0.15, 0.2) is 0 Å². The van der Waals surface area contributed by atoms with Crippen LogP contribution < -0.4 is 0 Å². The lowest BCUT2D eigenvalue weighted by atomic mass is 10.0. The first-order valence-corrected chi connectivity index (χ1v) is 19.5. The van der Waals surface area contributed by atoms with E-state index < -0.39 is 0 Å². The number of fused-ring (bicyclic) bond motifs is 14. The number of hydrogen-bond donors (Lipinski definition) is 0. The summed E-state index contributed by atoms with van der Waals surface area (Å²) in [5.74, 6) is 0.678. The van der Waals surface area contributed by atoms with E-state index in [1.54, 1.807) is 11.3 Å². The largest absolute Gasteiger partial charge is 0.308 e. The van der Waals surface area contributed by atoms with Crippen LogP contribution >= 0.6 is 11.3 Å². The molecule has 5 heterocycles. The molecule has 0 bridgehead atoms. The van der Waals surface area contributed by atoms with Crippen molar-refractivity contribution in [2.75, 3.05) is 0 Å². The van der Waals surface area contributed by atoms with E-state index >= 15 is 0 Å². The molecule has 254 valence electrons. The summed E-state index contributed by atoms with van der Waals surface area (Å²) in [5, 5.41) is 11.0. The first-order chi connectivity index (χ1) is 27.3. The van der Waals surface area contributed by atoms with Crippen LogP contribution in [0.4, 0.5) is 0 Å². The van der Waals surface area contributed by atoms with Crippen molar-refractivity contribution in [3.8, 4) is 28.3 Å². The minimum absolute atomic E-state index is 0.678. The molecule has 4 nitrogen and oxygen atoms in total. The van der Waals surface area contributed by atoms with Crippen molar-refractivity contribution in [3.63, 3.8) is 0 Å². The Kier molecular flexibility index (Phi) is 5.74. The molecule has 13 rings (SSSR count). The van der Waals surface area contributed by atoms with Crippen LogP contribution in [0.15, 0.2) is 170 Å². The minimum atomic E-state index is 0.678. The van der Waals surface area contributed by atoms with Crippen LogP contribution in [-0.2, 0) is 0 Å².